The average molecular weight is 426 g/mol. The van der Waals surface area contributed by atoms with Crippen molar-refractivity contribution in [3.63, 3.8) is 0 Å². The van der Waals surface area contributed by atoms with Gasteiger partial charge in [0.2, 0.25) is 0 Å². The second-order valence-electron chi connectivity index (χ2n) is 6.82. The van der Waals surface area contributed by atoms with Crippen molar-refractivity contribution in [2.45, 2.75) is 12.3 Å². The summed E-state index contributed by atoms with van der Waals surface area (Å²) in [5.74, 6) is 2.60. The Morgan fingerprint density at radius 3 is 1.27 bits per heavy atom. The molecule has 0 unspecified atom stereocenters. The van der Waals surface area contributed by atoms with E-state index in [0.717, 1.165) is 16.4 Å². The molecule has 0 radical (unpaired) electrons. The molecule has 5 nitrogen and oxygen atoms in total. The number of hydrogen-bond acceptors (Lipinski definition) is 5. The summed E-state index contributed by atoms with van der Waals surface area (Å²) in [5, 5.41) is 0.783. The van der Waals surface area contributed by atoms with Crippen molar-refractivity contribution >= 4 is 12.4 Å². The highest BCUT2D eigenvalue weighted by Gasteiger charge is 2.31. The van der Waals surface area contributed by atoms with Crippen LogP contribution >= 0.6 is 7.14 Å². The van der Waals surface area contributed by atoms with Crippen LogP contribution in [-0.2, 0) is 16.9 Å². The van der Waals surface area contributed by atoms with Crippen molar-refractivity contribution in [2.24, 2.45) is 0 Å². The zero-order chi connectivity index (χ0) is 21.6. The molecule has 0 aliphatic rings. The molecule has 0 atom stereocenters. The summed E-state index contributed by atoms with van der Waals surface area (Å²) in [7, 11) is 3.43. The van der Waals surface area contributed by atoms with Crippen molar-refractivity contribution in [1.82, 2.24) is 0 Å². The maximum atomic E-state index is 14.6. The minimum absolute atomic E-state index is 0.283. The van der Waals surface area contributed by atoms with Crippen LogP contribution in [0.3, 0.4) is 0 Å². The van der Waals surface area contributed by atoms with Gasteiger partial charge in [-0.2, -0.15) is 0 Å². The second kappa shape index (κ2) is 9.73. The first-order valence-electron chi connectivity index (χ1n) is 9.59. The Kier molecular flexibility index (Phi) is 7.07. The SMILES string of the molecule is COc1cccc(OC)c1CP(=O)(Cc1c(OC)cccc1OC)c1ccccc1. The van der Waals surface area contributed by atoms with Crippen LogP contribution in [0.4, 0.5) is 0 Å². The van der Waals surface area contributed by atoms with Crippen molar-refractivity contribution < 1.29 is 23.5 Å². The molecular formula is C24H27O5P. The molecule has 158 valence electrons. The van der Waals surface area contributed by atoms with Gasteiger partial charge in [0.15, 0.2) is 0 Å². The monoisotopic (exact) mass is 426 g/mol. The Balaban J connectivity index is 2.16. The normalized spacial score (nSPS) is 11.1. The lowest BCUT2D eigenvalue weighted by Gasteiger charge is -2.23. The Morgan fingerprint density at radius 2 is 0.933 bits per heavy atom. The van der Waals surface area contributed by atoms with Crippen molar-refractivity contribution in [2.75, 3.05) is 28.4 Å². The van der Waals surface area contributed by atoms with Crippen LogP contribution in [0.1, 0.15) is 11.1 Å². The van der Waals surface area contributed by atoms with Crippen LogP contribution in [0.5, 0.6) is 23.0 Å². The zero-order valence-electron chi connectivity index (χ0n) is 17.8. The average Bonchev–Trinajstić information content (AvgIpc) is 2.79. The number of ether oxygens (including phenoxy) is 4. The molecule has 0 amide bonds. The molecule has 0 spiro atoms. The smallest absolute Gasteiger partial charge is 0.126 e. The van der Waals surface area contributed by atoms with Gasteiger partial charge in [-0.1, -0.05) is 42.5 Å². The van der Waals surface area contributed by atoms with Gasteiger partial charge in [0.25, 0.3) is 0 Å². The van der Waals surface area contributed by atoms with E-state index >= 15 is 0 Å². The van der Waals surface area contributed by atoms with Gasteiger partial charge in [-0.3, -0.25) is 0 Å². The van der Waals surface area contributed by atoms with Gasteiger partial charge in [-0.15, -0.1) is 0 Å². The van der Waals surface area contributed by atoms with Gasteiger partial charge >= 0.3 is 0 Å². The first-order chi connectivity index (χ1) is 14.6. The fourth-order valence-electron chi connectivity index (χ4n) is 3.62. The van der Waals surface area contributed by atoms with Crippen LogP contribution in [0.25, 0.3) is 0 Å². The van der Waals surface area contributed by atoms with Crippen molar-refractivity contribution in [1.29, 1.82) is 0 Å². The molecule has 0 saturated heterocycles. The first-order valence-corrected chi connectivity index (χ1v) is 11.7. The van der Waals surface area contributed by atoms with Crippen LogP contribution in [-0.4, -0.2) is 28.4 Å². The van der Waals surface area contributed by atoms with Gasteiger partial charge in [-0.05, 0) is 24.3 Å². The first kappa shape index (κ1) is 21.8. The van der Waals surface area contributed by atoms with Gasteiger partial charge < -0.3 is 23.5 Å². The predicted octanol–water partition coefficient (Wildman–Crippen LogP) is 5.11. The van der Waals surface area contributed by atoms with E-state index in [9.17, 15) is 4.57 Å². The van der Waals surface area contributed by atoms with Gasteiger partial charge in [0.05, 0.1) is 28.4 Å². The zero-order valence-corrected chi connectivity index (χ0v) is 18.6. The molecule has 0 fully saturated rings. The molecule has 0 aliphatic carbocycles. The topological polar surface area (TPSA) is 54.0 Å². The van der Waals surface area contributed by atoms with Crippen LogP contribution < -0.4 is 24.3 Å². The maximum absolute atomic E-state index is 14.6. The number of hydrogen-bond donors (Lipinski definition) is 0. The molecule has 0 heterocycles. The number of methoxy groups -OCH3 is 4. The van der Waals surface area contributed by atoms with E-state index in [4.69, 9.17) is 18.9 Å². The Labute approximate surface area is 177 Å². The minimum atomic E-state index is -3.00. The summed E-state index contributed by atoms with van der Waals surface area (Å²) < 4.78 is 36.8. The third kappa shape index (κ3) is 4.47. The molecule has 30 heavy (non-hydrogen) atoms. The minimum Gasteiger partial charge on any atom is -0.496 e. The molecule has 0 aliphatic heterocycles. The summed E-state index contributed by atoms with van der Waals surface area (Å²) >= 11 is 0. The van der Waals surface area contributed by atoms with Crippen molar-refractivity contribution in [3.05, 3.63) is 77.9 Å². The van der Waals surface area contributed by atoms with Crippen LogP contribution in [0.15, 0.2) is 66.7 Å². The van der Waals surface area contributed by atoms with Gasteiger partial charge in [-0.25, -0.2) is 0 Å². The fourth-order valence-corrected chi connectivity index (χ4v) is 6.45. The van der Waals surface area contributed by atoms with E-state index in [0.29, 0.717) is 23.0 Å². The summed E-state index contributed by atoms with van der Waals surface area (Å²) in [4.78, 5) is 0. The summed E-state index contributed by atoms with van der Waals surface area (Å²) in [6.45, 7) is 0. The highest BCUT2D eigenvalue weighted by molar-refractivity contribution is 7.70. The van der Waals surface area contributed by atoms with Crippen molar-refractivity contribution in [3.8, 4) is 23.0 Å². The third-order valence-corrected chi connectivity index (χ3v) is 8.01. The fraction of sp³-hybridized carbons (Fsp3) is 0.250. The molecule has 0 aromatic heterocycles. The predicted molar refractivity (Wildman–Crippen MR) is 120 cm³/mol. The lowest BCUT2D eigenvalue weighted by atomic mass is 10.2. The largest absolute Gasteiger partial charge is 0.496 e. The van der Waals surface area contributed by atoms with E-state index in [1.807, 2.05) is 66.7 Å². The Hall–Kier alpha value is -2.91. The van der Waals surface area contributed by atoms with Gasteiger partial charge in [0.1, 0.15) is 30.1 Å². The van der Waals surface area contributed by atoms with Gasteiger partial charge in [0, 0.05) is 28.8 Å². The molecule has 3 aromatic carbocycles. The summed E-state index contributed by atoms with van der Waals surface area (Å²) in [5.41, 5.74) is 1.56. The highest BCUT2D eigenvalue weighted by atomic mass is 31.2. The molecule has 3 rings (SSSR count). The standard InChI is InChI=1S/C24H27O5P/c1-26-21-12-8-13-22(27-2)19(21)16-30(25,18-10-6-5-7-11-18)17-20-23(28-3)14-9-15-24(20)29-4/h5-15H,16-17H2,1-4H3. The van der Waals surface area contributed by atoms with E-state index in [-0.39, 0.29) is 12.3 Å². The number of benzene rings is 3. The van der Waals surface area contributed by atoms with Crippen LogP contribution in [0, 0.1) is 0 Å². The van der Waals surface area contributed by atoms with E-state index < -0.39 is 7.14 Å². The molecule has 0 bridgehead atoms. The Morgan fingerprint density at radius 1 is 0.567 bits per heavy atom. The quantitative estimate of drug-likeness (QED) is 0.445. The maximum Gasteiger partial charge on any atom is 0.126 e. The lowest BCUT2D eigenvalue weighted by Crippen LogP contribution is -2.11. The highest BCUT2D eigenvalue weighted by Crippen LogP contribution is 2.56. The molecule has 6 heteroatoms. The van der Waals surface area contributed by atoms with E-state index in [1.165, 1.54) is 0 Å². The van der Waals surface area contributed by atoms with E-state index in [1.54, 1.807) is 28.4 Å². The third-order valence-electron chi connectivity index (χ3n) is 5.11. The molecule has 0 saturated carbocycles. The van der Waals surface area contributed by atoms with E-state index in [2.05, 4.69) is 0 Å². The molecule has 3 aromatic rings. The molecular weight excluding hydrogens is 399 g/mol. The summed E-state index contributed by atoms with van der Waals surface area (Å²) in [6, 6.07) is 20.7. The number of rotatable bonds is 9. The Bertz CT molecular complexity index is 927. The summed E-state index contributed by atoms with van der Waals surface area (Å²) in [6.07, 6.45) is 0.566. The van der Waals surface area contributed by atoms with Crippen LogP contribution in [0.2, 0.25) is 0 Å². The molecule has 0 N–H and O–H groups in total. The second-order valence-corrected chi connectivity index (χ2v) is 9.75. The lowest BCUT2D eigenvalue weighted by molar-refractivity contribution is 0.386.